The Kier molecular flexibility index (Phi) is 9.91. The highest BCUT2D eigenvalue weighted by molar-refractivity contribution is 6.30. The molecule has 1 heterocycles. The summed E-state index contributed by atoms with van der Waals surface area (Å²) in [5.41, 5.74) is 1.98. The number of hydrogen-bond acceptors (Lipinski definition) is 7. The molecule has 300 valence electrons. The molecule has 9 heteroatoms. The molecule has 4 saturated carbocycles. The molecule has 55 heavy (non-hydrogen) atoms. The van der Waals surface area contributed by atoms with Crippen LogP contribution >= 0.6 is 11.6 Å². The smallest absolute Gasteiger partial charge is 0.309 e. The minimum Gasteiger partial charge on any atom is -0.481 e. The Labute approximate surface area is 333 Å². The minimum absolute atomic E-state index is 0.0203. The van der Waals surface area contributed by atoms with Gasteiger partial charge in [0.05, 0.1) is 17.8 Å². The van der Waals surface area contributed by atoms with E-state index in [1.54, 1.807) is 13.8 Å². The lowest BCUT2D eigenvalue weighted by molar-refractivity contribution is -0.233. The van der Waals surface area contributed by atoms with Crippen molar-refractivity contribution in [2.24, 2.45) is 56.2 Å². The number of ketones is 1. The molecule has 4 fully saturated rings. The summed E-state index contributed by atoms with van der Waals surface area (Å²) in [7, 11) is 0. The van der Waals surface area contributed by atoms with Crippen molar-refractivity contribution in [3.63, 3.8) is 0 Å². The van der Waals surface area contributed by atoms with Gasteiger partial charge in [0.1, 0.15) is 6.10 Å². The number of esters is 1. The number of nitrogens with zero attached hydrogens (tertiary/aromatic N) is 2. The molecule has 0 radical (unpaired) electrons. The number of allylic oxidation sites excluding steroid dienone is 2. The molecule has 9 atom stereocenters. The van der Waals surface area contributed by atoms with Gasteiger partial charge < -0.3 is 14.3 Å². The predicted octanol–water partition coefficient (Wildman–Crippen LogP) is 10.8. The van der Waals surface area contributed by atoms with Crippen LogP contribution in [0.4, 0.5) is 0 Å². The van der Waals surface area contributed by atoms with E-state index in [0.717, 1.165) is 62.5 Å². The van der Waals surface area contributed by atoms with Crippen LogP contribution in [-0.4, -0.2) is 39.1 Å². The fourth-order valence-electron chi connectivity index (χ4n) is 13.5. The molecule has 0 amide bonds. The van der Waals surface area contributed by atoms with Gasteiger partial charge in [-0.1, -0.05) is 77.8 Å². The van der Waals surface area contributed by atoms with Crippen molar-refractivity contribution >= 4 is 29.3 Å². The van der Waals surface area contributed by atoms with Crippen molar-refractivity contribution in [2.75, 3.05) is 0 Å². The van der Waals surface area contributed by atoms with Crippen LogP contribution in [0.2, 0.25) is 5.02 Å². The summed E-state index contributed by atoms with van der Waals surface area (Å²) in [5.74, 6) is 1.37. The molecule has 1 N–H and O–H groups in total. The van der Waals surface area contributed by atoms with Crippen LogP contribution in [-0.2, 0) is 25.5 Å². The first-order valence-corrected chi connectivity index (χ1v) is 21.3. The van der Waals surface area contributed by atoms with Crippen LogP contribution in [0.5, 0.6) is 0 Å². The van der Waals surface area contributed by atoms with Gasteiger partial charge in [0.2, 0.25) is 11.8 Å². The van der Waals surface area contributed by atoms with E-state index in [-0.39, 0.29) is 51.4 Å². The fourth-order valence-corrected chi connectivity index (χ4v) is 13.6. The van der Waals surface area contributed by atoms with Crippen LogP contribution in [0.3, 0.4) is 0 Å². The third-order valence-electron chi connectivity index (χ3n) is 16.7. The van der Waals surface area contributed by atoms with Gasteiger partial charge in [0, 0.05) is 28.7 Å². The molecule has 0 saturated heterocycles. The summed E-state index contributed by atoms with van der Waals surface area (Å²) in [4.78, 5) is 39.1. The number of benzene rings is 1. The number of carboxylic acid groups (broad SMARTS) is 1. The SMILES string of the molecule is CC(C)C1=C2[C@H]3CCC4[C@@]5(C)CC[C@H](OC(=O)CC(C)(C)C(=O)O)C(C)(C)[C@@H]5CC[C@@]4(C)[C@]3(C)CC[C@@]2(Cc2nnc([C@@H](C)c3ccc(Cl)cc3)o2)CC1=O. The number of aromatic nitrogens is 2. The molecule has 5 aliphatic carbocycles. The lowest BCUT2D eigenvalue weighted by Gasteiger charge is -2.72. The van der Waals surface area contributed by atoms with Crippen molar-refractivity contribution in [1.82, 2.24) is 10.2 Å². The second kappa shape index (κ2) is 13.6. The average Bonchev–Trinajstić information content (AvgIpc) is 3.67. The third-order valence-corrected chi connectivity index (χ3v) is 16.9. The summed E-state index contributed by atoms with van der Waals surface area (Å²) in [6.45, 7) is 21.9. The van der Waals surface area contributed by atoms with Gasteiger partial charge in [0.25, 0.3) is 0 Å². The zero-order valence-electron chi connectivity index (χ0n) is 34.8. The Bertz CT molecular complexity index is 1890. The van der Waals surface area contributed by atoms with E-state index in [2.05, 4.69) is 65.6 Å². The number of hydrogen-bond donors (Lipinski definition) is 1. The van der Waals surface area contributed by atoms with Gasteiger partial charge in [-0.15, -0.1) is 10.2 Å². The number of fused-ring (bicyclic) bond motifs is 7. The molecule has 8 nitrogen and oxygen atoms in total. The number of carbonyl (C=O) groups excluding carboxylic acids is 2. The monoisotopic (exact) mass is 774 g/mol. The van der Waals surface area contributed by atoms with Gasteiger partial charge in [-0.05, 0) is 135 Å². The normalized spacial score (nSPS) is 36.1. The van der Waals surface area contributed by atoms with E-state index >= 15 is 0 Å². The molecule has 1 unspecified atom stereocenters. The molecule has 0 spiro atoms. The minimum atomic E-state index is -1.16. The lowest BCUT2D eigenvalue weighted by Crippen LogP contribution is -2.65. The Morgan fingerprint density at radius 3 is 2.27 bits per heavy atom. The number of rotatable bonds is 9. The maximum atomic E-state index is 14.2. The van der Waals surface area contributed by atoms with Gasteiger partial charge in [0.15, 0.2) is 5.78 Å². The molecule has 7 rings (SSSR count). The molecular formula is C46H63ClN2O6. The quantitative estimate of drug-likeness (QED) is 0.250. The lowest BCUT2D eigenvalue weighted by atomic mass is 9.33. The summed E-state index contributed by atoms with van der Waals surface area (Å²) in [5, 5.41) is 19.5. The van der Waals surface area contributed by atoms with E-state index in [4.69, 9.17) is 20.8 Å². The van der Waals surface area contributed by atoms with Crippen molar-refractivity contribution in [3.8, 4) is 0 Å². The number of halogens is 1. The van der Waals surface area contributed by atoms with E-state index in [0.29, 0.717) is 53.2 Å². The summed E-state index contributed by atoms with van der Waals surface area (Å²) >= 11 is 6.16. The Morgan fingerprint density at radius 2 is 1.62 bits per heavy atom. The van der Waals surface area contributed by atoms with Crippen molar-refractivity contribution < 1.29 is 28.6 Å². The Morgan fingerprint density at radius 1 is 0.927 bits per heavy atom. The molecule has 0 bridgehead atoms. The first-order valence-electron chi connectivity index (χ1n) is 20.9. The highest BCUT2D eigenvalue weighted by atomic mass is 35.5. The third kappa shape index (κ3) is 6.25. The molecule has 5 aliphatic rings. The zero-order chi connectivity index (χ0) is 40.1. The average molecular weight is 775 g/mol. The standard InChI is InChI=1S/C46H63ClN2O6/c1-26(2)37-31(50)23-46(24-35-48-49-39(55-35)27(3)28-11-13-29(47)14-12-28)22-21-44(9)30(38(37)46)15-16-33-43(8)19-18-34(54-36(51)25-41(4,5)40(52)53)42(6,7)32(43)17-20-45(33,44)10/h11-14,26-27,30,32-34H,15-25H2,1-10H3,(H,52,53)/t27-,30+,32-,33?,34-,43-,44+,45+,46-/m0/s1. The molecule has 1 aromatic heterocycles. The van der Waals surface area contributed by atoms with Crippen LogP contribution in [0.25, 0.3) is 0 Å². The predicted molar refractivity (Wildman–Crippen MR) is 212 cm³/mol. The van der Waals surface area contributed by atoms with E-state index in [1.807, 2.05) is 24.3 Å². The maximum absolute atomic E-state index is 14.2. The number of Topliss-reactive ketones (excluding diaryl/α,β-unsaturated/α-hetero) is 1. The number of aliphatic carboxylic acids is 1. The van der Waals surface area contributed by atoms with Gasteiger partial charge in [-0.2, -0.15) is 0 Å². The summed E-state index contributed by atoms with van der Waals surface area (Å²) < 4.78 is 12.6. The number of ether oxygens (including phenoxy) is 1. The second-order valence-corrected chi connectivity index (χ2v) is 21.1. The number of carbonyl (C=O) groups is 3. The highest BCUT2D eigenvalue weighted by Gasteiger charge is 2.70. The highest BCUT2D eigenvalue weighted by Crippen LogP contribution is 2.77. The second-order valence-electron chi connectivity index (χ2n) is 20.7. The van der Waals surface area contributed by atoms with Gasteiger partial charge in [-0.3, -0.25) is 14.4 Å². The maximum Gasteiger partial charge on any atom is 0.309 e. The van der Waals surface area contributed by atoms with E-state index in [9.17, 15) is 19.5 Å². The number of carboxylic acids is 1. The summed E-state index contributed by atoms with van der Waals surface area (Å²) in [6.07, 6.45) is 8.83. The van der Waals surface area contributed by atoms with E-state index < -0.39 is 17.4 Å². The van der Waals surface area contributed by atoms with Crippen molar-refractivity contribution in [3.05, 3.63) is 57.8 Å². The molecule has 2 aromatic rings. The van der Waals surface area contributed by atoms with Crippen LogP contribution in [0, 0.1) is 56.2 Å². The topological polar surface area (TPSA) is 120 Å². The van der Waals surface area contributed by atoms with Crippen molar-refractivity contribution in [2.45, 2.75) is 152 Å². The molecule has 0 aliphatic heterocycles. The largest absolute Gasteiger partial charge is 0.481 e. The zero-order valence-corrected chi connectivity index (χ0v) is 35.6. The molecular weight excluding hydrogens is 712 g/mol. The van der Waals surface area contributed by atoms with Crippen LogP contribution in [0.1, 0.15) is 157 Å². The first kappa shape index (κ1) is 40.2. The first-order chi connectivity index (χ1) is 25.6. The van der Waals surface area contributed by atoms with Crippen LogP contribution in [0.15, 0.2) is 39.8 Å². The Hall–Kier alpha value is -3.00. The van der Waals surface area contributed by atoms with E-state index in [1.165, 1.54) is 5.57 Å². The van der Waals surface area contributed by atoms with Gasteiger partial charge >= 0.3 is 11.9 Å². The van der Waals surface area contributed by atoms with Crippen LogP contribution < -0.4 is 0 Å². The molecule has 1 aromatic carbocycles. The Balaban J connectivity index is 1.16. The van der Waals surface area contributed by atoms with Gasteiger partial charge in [-0.25, -0.2) is 0 Å². The van der Waals surface area contributed by atoms with Crippen molar-refractivity contribution in [1.29, 1.82) is 0 Å². The fraction of sp³-hybridized carbons (Fsp3) is 0.717. The summed E-state index contributed by atoms with van der Waals surface area (Å²) in [6, 6.07) is 7.77.